The summed E-state index contributed by atoms with van der Waals surface area (Å²) in [7, 11) is 1.69. The quantitative estimate of drug-likeness (QED) is 0.0907. The van der Waals surface area contributed by atoms with E-state index in [-0.39, 0.29) is 17.4 Å². The molecule has 64 heavy (non-hydrogen) atoms. The summed E-state index contributed by atoms with van der Waals surface area (Å²) in [6, 6.07) is 19.8. The standard InChI is InChI=1S/C21H23N3O4S2.C20H21N3O4S2.C4H8O/c1-21(2,3)28-20(25)23(4)17(12-14-7-9-15(10-8-14)24(26)27)16-13-30-19(22-16)18-6-5-11-29-18;1-20(2,3)27-19(24)22-15(11-13-6-8-14(9-7-13)23(25)26)16-12-29-18(21-16)17-5-4-10-28-17;1-2-4-5-3-1/h5-11,13,17H,12H2,1-4H3;4-10,12,15H,11H2,1-3H3,(H,22,24);1-4H2/t17-;15-;/m00./s1. The van der Waals surface area contributed by atoms with Gasteiger partial charge in [0, 0.05) is 55.3 Å². The number of thiazole rings is 2. The summed E-state index contributed by atoms with van der Waals surface area (Å²) in [5.74, 6) is 0. The van der Waals surface area contributed by atoms with Crippen LogP contribution >= 0.6 is 45.3 Å². The van der Waals surface area contributed by atoms with Crippen molar-refractivity contribution in [1.82, 2.24) is 20.2 Å². The number of thiophene rings is 2. The Hall–Kier alpha value is -5.60. The number of benzene rings is 2. The third kappa shape index (κ3) is 15.6. The molecule has 2 aromatic carbocycles. The number of aromatic nitrogens is 2. The van der Waals surface area contributed by atoms with Gasteiger partial charge in [0.25, 0.3) is 11.4 Å². The van der Waals surface area contributed by atoms with Crippen LogP contribution in [0.5, 0.6) is 0 Å². The van der Waals surface area contributed by atoms with Crippen molar-refractivity contribution in [1.29, 1.82) is 0 Å². The molecule has 0 unspecified atom stereocenters. The first kappa shape index (κ1) is 49.4. The van der Waals surface area contributed by atoms with Gasteiger partial charge in [0.2, 0.25) is 0 Å². The molecule has 0 spiro atoms. The lowest BCUT2D eigenvalue weighted by Gasteiger charge is -2.30. The second-order valence-electron chi connectivity index (χ2n) is 16.5. The lowest BCUT2D eigenvalue weighted by molar-refractivity contribution is -0.385. The zero-order valence-corrected chi connectivity index (χ0v) is 39.9. The van der Waals surface area contributed by atoms with Crippen LogP contribution < -0.4 is 5.32 Å². The summed E-state index contributed by atoms with van der Waals surface area (Å²) in [4.78, 5) is 59.2. The van der Waals surface area contributed by atoms with E-state index in [1.807, 2.05) is 66.6 Å². The van der Waals surface area contributed by atoms with Gasteiger partial charge in [-0.05, 0) is 101 Å². The molecular weight excluding hydrogens is 897 g/mol. The van der Waals surface area contributed by atoms with E-state index in [0.29, 0.717) is 12.8 Å². The Morgan fingerprint density at radius 3 is 1.61 bits per heavy atom. The predicted molar refractivity (Wildman–Crippen MR) is 253 cm³/mol. The van der Waals surface area contributed by atoms with E-state index in [9.17, 15) is 29.8 Å². The highest BCUT2D eigenvalue weighted by molar-refractivity contribution is 7.20. The molecule has 19 heteroatoms. The molecule has 0 bridgehead atoms. The van der Waals surface area contributed by atoms with Gasteiger partial charge >= 0.3 is 12.2 Å². The largest absolute Gasteiger partial charge is 0.444 e. The van der Waals surface area contributed by atoms with Crippen LogP contribution in [0.25, 0.3) is 19.8 Å². The molecule has 0 saturated carbocycles. The summed E-state index contributed by atoms with van der Waals surface area (Å²) >= 11 is 6.25. The number of nitrogens with one attached hydrogen (secondary N) is 1. The number of hydrogen-bond donors (Lipinski definition) is 1. The Morgan fingerprint density at radius 1 is 0.719 bits per heavy atom. The molecular formula is C45H52N6O9S4. The van der Waals surface area contributed by atoms with Crippen LogP contribution in [-0.4, -0.2) is 68.4 Å². The van der Waals surface area contributed by atoms with Crippen molar-refractivity contribution in [3.8, 4) is 19.8 Å². The molecule has 0 aliphatic carbocycles. The average molecular weight is 949 g/mol. The Kier molecular flexibility index (Phi) is 17.6. The number of ether oxygens (including phenoxy) is 3. The fraction of sp³-hybridized carbons (Fsp3) is 0.378. The van der Waals surface area contributed by atoms with Crippen LogP contribution in [0.1, 0.15) is 89.0 Å². The molecule has 1 aliphatic rings. The van der Waals surface area contributed by atoms with E-state index >= 15 is 0 Å². The highest BCUT2D eigenvalue weighted by Gasteiger charge is 2.29. The third-order valence-electron chi connectivity index (χ3n) is 9.04. The third-order valence-corrected chi connectivity index (χ3v) is 12.8. The number of amides is 2. The van der Waals surface area contributed by atoms with Crippen molar-refractivity contribution >= 4 is 68.9 Å². The van der Waals surface area contributed by atoms with E-state index in [2.05, 4.69) is 5.32 Å². The molecule has 2 atom stereocenters. The SMILES string of the molecule is C1CCOC1.CC(C)(C)OC(=O)N[C@@H](Cc1ccc([N+](=O)[O-])cc1)c1csc(-c2cccs2)n1.CN(C(=O)OC(C)(C)C)[C@@H](Cc1ccc([N+](=O)[O-])cc1)c1csc(-c2cccs2)n1. The highest BCUT2D eigenvalue weighted by atomic mass is 32.1. The van der Waals surface area contributed by atoms with E-state index in [0.717, 1.165) is 55.5 Å². The van der Waals surface area contributed by atoms with Crippen molar-refractivity contribution in [3.63, 3.8) is 0 Å². The zero-order valence-electron chi connectivity index (χ0n) is 36.7. The molecule has 1 N–H and O–H groups in total. The average Bonchev–Trinajstić information content (AvgIpc) is 4.09. The summed E-state index contributed by atoms with van der Waals surface area (Å²) < 4.78 is 15.9. The van der Waals surface area contributed by atoms with E-state index < -0.39 is 39.3 Å². The summed E-state index contributed by atoms with van der Waals surface area (Å²) in [6.45, 7) is 12.9. The lowest BCUT2D eigenvalue weighted by atomic mass is 10.0. The first-order valence-electron chi connectivity index (χ1n) is 20.3. The van der Waals surface area contributed by atoms with E-state index in [1.165, 1.54) is 59.8 Å². The number of likely N-dealkylation sites (N-methyl/N-ethyl adjacent to an activating group) is 1. The number of rotatable bonds is 12. The molecule has 2 amide bonds. The molecule has 6 aromatic rings. The van der Waals surface area contributed by atoms with Crippen molar-refractivity contribution in [3.05, 3.63) is 137 Å². The van der Waals surface area contributed by atoms with Gasteiger partial charge in [-0.2, -0.15) is 0 Å². The monoisotopic (exact) mass is 948 g/mol. The molecule has 4 aromatic heterocycles. The molecule has 1 saturated heterocycles. The summed E-state index contributed by atoms with van der Waals surface area (Å²) in [5, 5.41) is 34.3. The van der Waals surface area contributed by atoms with Gasteiger partial charge < -0.3 is 24.4 Å². The lowest BCUT2D eigenvalue weighted by Crippen LogP contribution is -2.37. The Bertz CT molecular complexity index is 2390. The normalized spacial score (nSPS) is 13.3. The fourth-order valence-corrected chi connectivity index (χ4v) is 9.34. The van der Waals surface area contributed by atoms with Crippen LogP contribution in [0.3, 0.4) is 0 Å². The number of carbonyl (C=O) groups excluding carboxylic acids is 2. The Labute approximate surface area is 388 Å². The van der Waals surface area contributed by atoms with Gasteiger partial charge in [-0.3, -0.25) is 20.2 Å². The minimum Gasteiger partial charge on any atom is -0.444 e. The molecule has 7 rings (SSSR count). The number of nitrogens with zero attached hydrogens (tertiary/aromatic N) is 5. The summed E-state index contributed by atoms with van der Waals surface area (Å²) in [6.07, 6.45) is 2.47. The number of carbonyl (C=O) groups is 2. The first-order valence-corrected chi connectivity index (χ1v) is 23.9. The van der Waals surface area contributed by atoms with Crippen molar-refractivity contribution < 1.29 is 33.6 Å². The van der Waals surface area contributed by atoms with Gasteiger partial charge in [0.15, 0.2) is 0 Å². The molecule has 0 radical (unpaired) electrons. The van der Waals surface area contributed by atoms with Crippen molar-refractivity contribution in [2.75, 3.05) is 20.3 Å². The number of nitro groups is 2. The van der Waals surface area contributed by atoms with Gasteiger partial charge in [-0.15, -0.1) is 45.3 Å². The second kappa shape index (κ2) is 22.8. The first-order chi connectivity index (χ1) is 30.3. The Balaban J connectivity index is 0.000000217. The maximum atomic E-state index is 12.7. The van der Waals surface area contributed by atoms with Crippen LogP contribution in [0, 0.1) is 20.2 Å². The van der Waals surface area contributed by atoms with E-state index in [4.69, 9.17) is 24.2 Å². The zero-order chi connectivity index (χ0) is 46.4. The Morgan fingerprint density at radius 2 is 1.19 bits per heavy atom. The van der Waals surface area contributed by atoms with Gasteiger partial charge in [0.1, 0.15) is 21.2 Å². The fourth-order valence-electron chi connectivity index (χ4n) is 5.97. The maximum absolute atomic E-state index is 12.7. The number of non-ortho nitro benzene ring substituents is 2. The van der Waals surface area contributed by atoms with Crippen LogP contribution in [-0.2, 0) is 27.1 Å². The molecule has 340 valence electrons. The summed E-state index contributed by atoms with van der Waals surface area (Å²) in [5.41, 5.74) is 2.02. The smallest absolute Gasteiger partial charge is 0.410 e. The second-order valence-corrected chi connectivity index (χ2v) is 20.1. The predicted octanol–water partition coefficient (Wildman–Crippen LogP) is 12.3. The number of alkyl carbamates (subject to hydrolysis) is 1. The van der Waals surface area contributed by atoms with Gasteiger partial charge in [-0.25, -0.2) is 19.6 Å². The van der Waals surface area contributed by atoms with Gasteiger partial charge in [-0.1, -0.05) is 36.4 Å². The molecule has 5 heterocycles. The number of nitro benzene ring substituents is 2. The maximum Gasteiger partial charge on any atom is 0.410 e. The number of hydrogen-bond acceptors (Lipinski definition) is 15. The van der Waals surface area contributed by atoms with Crippen LogP contribution in [0.4, 0.5) is 21.0 Å². The van der Waals surface area contributed by atoms with E-state index in [1.54, 1.807) is 79.7 Å². The van der Waals surface area contributed by atoms with Crippen molar-refractivity contribution in [2.45, 2.75) is 90.5 Å². The molecule has 15 nitrogen and oxygen atoms in total. The molecule has 1 fully saturated rings. The molecule has 1 aliphatic heterocycles. The highest BCUT2D eigenvalue weighted by Crippen LogP contribution is 2.34. The topological polar surface area (TPSA) is 189 Å². The minimum atomic E-state index is -0.619. The van der Waals surface area contributed by atoms with Crippen LogP contribution in [0.15, 0.2) is 94.3 Å². The minimum absolute atomic E-state index is 0.0269. The van der Waals surface area contributed by atoms with Crippen molar-refractivity contribution in [2.24, 2.45) is 0 Å². The van der Waals surface area contributed by atoms with Gasteiger partial charge in [0.05, 0.1) is 43.1 Å². The van der Waals surface area contributed by atoms with Crippen LogP contribution in [0.2, 0.25) is 0 Å².